The zero-order chi connectivity index (χ0) is 14.3. The molecule has 1 aliphatic carbocycles. The number of rotatable bonds is 9. The molecule has 19 heavy (non-hydrogen) atoms. The highest BCUT2D eigenvalue weighted by atomic mass is 16.4. The van der Waals surface area contributed by atoms with Gasteiger partial charge in [0.05, 0.1) is 0 Å². The van der Waals surface area contributed by atoms with Crippen molar-refractivity contribution in [2.24, 2.45) is 11.3 Å². The van der Waals surface area contributed by atoms with Crippen LogP contribution in [0.25, 0.3) is 0 Å². The highest BCUT2D eigenvalue weighted by Crippen LogP contribution is 2.46. The molecule has 1 fully saturated rings. The normalized spacial score (nSPS) is 17.0. The van der Waals surface area contributed by atoms with Gasteiger partial charge in [0, 0.05) is 18.4 Å². The van der Waals surface area contributed by atoms with Gasteiger partial charge in [-0.25, -0.2) is 0 Å². The van der Waals surface area contributed by atoms with Crippen LogP contribution in [0.15, 0.2) is 0 Å². The minimum absolute atomic E-state index is 0.102. The minimum Gasteiger partial charge on any atom is -0.481 e. The Kier molecular flexibility index (Phi) is 6.32. The SMILES string of the molecule is CC(C)CC1(C(=O)NCCCCCC(=O)O)CCC1. The molecule has 0 aromatic rings. The molecule has 0 atom stereocenters. The van der Waals surface area contributed by atoms with Crippen LogP contribution in [0.2, 0.25) is 0 Å². The third-order valence-electron chi connectivity index (χ3n) is 3.94. The second-order valence-electron chi connectivity index (χ2n) is 6.19. The van der Waals surface area contributed by atoms with Gasteiger partial charge in [-0.05, 0) is 38.0 Å². The van der Waals surface area contributed by atoms with Crippen LogP contribution in [0.1, 0.15) is 65.2 Å². The van der Waals surface area contributed by atoms with Crippen molar-refractivity contribution in [3.05, 3.63) is 0 Å². The van der Waals surface area contributed by atoms with Gasteiger partial charge in [0.2, 0.25) is 5.91 Å². The fraction of sp³-hybridized carbons (Fsp3) is 0.867. The number of hydrogen-bond acceptors (Lipinski definition) is 2. The molecule has 1 aliphatic rings. The van der Waals surface area contributed by atoms with Gasteiger partial charge in [0.1, 0.15) is 0 Å². The molecular weight excluding hydrogens is 242 g/mol. The van der Waals surface area contributed by atoms with Crippen molar-refractivity contribution >= 4 is 11.9 Å². The summed E-state index contributed by atoms with van der Waals surface area (Å²) in [6.07, 6.45) is 6.86. The first kappa shape index (κ1) is 16.0. The molecule has 2 N–H and O–H groups in total. The summed E-state index contributed by atoms with van der Waals surface area (Å²) in [5.41, 5.74) is -0.102. The van der Waals surface area contributed by atoms with Gasteiger partial charge >= 0.3 is 5.97 Å². The van der Waals surface area contributed by atoms with Crippen molar-refractivity contribution in [2.45, 2.75) is 65.2 Å². The van der Waals surface area contributed by atoms with Crippen molar-refractivity contribution < 1.29 is 14.7 Å². The van der Waals surface area contributed by atoms with Crippen LogP contribution >= 0.6 is 0 Å². The monoisotopic (exact) mass is 269 g/mol. The van der Waals surface area contributed by atoms with Gasteiger partial charge in [-0.1, -0.05) is 26.7 Å². The molecule has 4 heteroatoms. The topological polar surface area (TPSA) is 66.4 Å². The van der Waals surface area contributed by atoms with Gasteiger partial charge in [-0.2, -0.15) is 0 Å². The molecule has 0 heterocycles. The van der Waals surface area contributed by atoms with Crippen LogP contribution in [-0.4, -0.2) is 23.5 Å². The highest BCUT2D eigenvalue weighted by molar-refractivity contribution is 5.83. The number of carbonyl (C=O) groups excluding carboxylic acids is 1. The first-order chi connectivity index (χ1) is 8.96. The van der Waals surface area contributed by atoms with E-state index in [0.717, 1.165) is 32.1 Å². The number of carbonyl (C=O) groups is 2. The summed E-state index contributed by atoms with van der Waals surface area (Å²) in [7, 11) is 0. The molecular formula is C15H27NO3. The average molecular weight is 269 g/mol. The fourth-order valence-corrected chi connectivity index (χ4v) is 2.88. The summed E-state index contributed by atoms with van der Waals surface area (Å²) in [6.45, 7) is 5.01. The Labute approximate surface area is 116 Å². The van der Waals surface area contributed by atoms with Crippen molar-refractivity contribution in [3.8, 4) is 0 Å². The van der Waals surface area contributed by atoms with Crippen LogP contribution in [0.5, 0.6) is 0 Å². The van der Waals surface area contributed by atoms with Crippen LogP contribution in [0.4, 0.5) is 0 Å². The van der Waals surface area contributed by atoms with Gasteiger partial charge in [-0.3, -0.25) is 9.59 Å². The van der Waals surface area contributed by atoms with Gasteiger partial charge in [0.15, 0.2) is 0 Å². The molecule has 0 aromatic heterocycles. The smallest absolute Gasteiger partial charge is 0.303 e. The van der Waals surface area contributed by atoms with E-state index in [1.165, 1.54) is 6.42 Å². The Morgan fingerprint density at radius 3 is 2.37 bits per heavy atom. The zero-order valence-corrected chi connectivity index (χ0v) is 12.2. The van der Waals surface area contributed by atoms with Gasteiger partial charge in [0.25, 0.3) is 0 Å². The number of carboxylic acid groups (broad SMARTS) is 1. The second-order valence-corrected chi connectivity index (χ2v) is 6.19. The number of carboxylic acids is 1. The highest BCUT2D eigenvalue weighted by Gasteiger charge is 2.43. The third kappa shape index (κ3) is 5.21. The van der Waals surface area contributed by atoms with Gasteiger partial charge < -0.3 is 10.4 Å². The number of amides is 1. The van der Waals surface area contributed by atoms with E-state index in [0.29, 0.717) is 18.9 Å². The lowest BCUT2D eigenvalue weighted by atomic mass is 9.64. The quantitative estimate of drug-likeness (QED) is 0.632. The first-order valence-electron chi connectivity index (χ1n) is 7.46. The largest absolute Gasteiger partial charge is 0.481 e. The maximum absolute atomic E-state index is 12.2. The Morgan fingerprint density at radius 1 is 1.21 bits per heavy atom. The van der Waals surface area contributed by atoms with Gasteiger partial charge in [-0.15, -0.1) is 0 Å². The Morgan fingerprint density at radius 2 is 1.89 bits per heavy atom. The number of aliphatic carboxylic acids is 1. The predicted molar refractivity (Wildman–Crippen MR) is 74.9 cm³/mol. The molecule has 0 unspecified atom stereocenters. The molecule has 4 nitrogen and oxygen atoms in total. The summed E-state index contributed by atoms with van der Waals surface area (Å²) >= 11 is 0. The van der Waals surface area contributed by atoms with Crippen LogP contribution in [0.3, 0.4) is 0 Å². The Balaban J connectivity index is 2.17. The second kappa shape index (κ2) is 7.51. The standard InChI is InChI=1S/C15H27NO3/c1-12(2)11-15(8-6-9-15)14(19)16-10-5-3-4-7-13(17)18/h12H,3-11H2,1-2H3,(H,16,19)(H,17,18). The van der Waals surface area contributed by atoms with E-state index in [1.807, 2.05) is 0 Å². The molecule has 0 spiro atoms. The molecule has 1 rings (SSSR count). The van der Waals surface area contributed by atoms with E-state index >= 15 is 0 Å². The fourth-order valence-electron chi connectivity index (χ4n) is 2.88. The lowest BCUT2D eigenvalue weighted by molar-refractivity contribution is -0.138. The van der Waals surface area contributed by atoms with Crippen molar-refractivity contribution in [3.63, 3.8) is 0 Å². The molecule has 0 aromatic carbocycles. The number of unbranched alkanes of at least 4 members (excludes halogenated alkanes) is 2. The zero-order valence-electron chi connectivity index (χ0n) is 12.2. The maximum atomic E-state index is 12.2. The van der Waals surface area contributed by atoms with Crippen LogP contribution in [-0.2, 0) is 9.59 Å². The molecule has 0 radical (unpaired) electrons. The molecule has 0 bridgehead atoms. The van der Waals surface area contributed by atoms with E-state index < -0.39 is 5.97 Å². The Bertz CT molecular complexity index is 309. The molecule has 1 saturated carbocycles. The lowest BCUT2D eigenvalue weighted by Gasteiger charge is -2.41. The number of hydrogen-bond donors (Lipinski definition) is 2. The van der Waals surface area contributed by atoms with E-state index in [9.17, 15) is 9.59 Å². The predicted octanol–water partition coefficient (Wildman–Crippen LogP) is 2.96. The molecule has 0 aliphatic heterocycles. The van der Waals surface area contributed by atoms with Crippen molar-refractivity contribution in [2.75, 3.05) is 6.54 Å². The first-order valence-corrected chi connectivity index (χ1v) is 7.46. The Hall–Kier alpha value is -1.06. The molecule has 0 saturated heterocycles. The third-order valence-corrected chi connectivity index (χ3v) is 3.94. The lowest BCUT2D eigenvalue weighted by Crippen LogP contribution is -2.46. The van der Waals surface area contributed by atoms with Crippen LogP contribution < -0.4 is 5.32 Å². The van der Waals surface area contributed by atoms with E-state index in [2.05, 4.69) is 19.2 Å². The minimum atomic E-state index is -0.741. The summed E-state index contributed by atoms with van der Waals surface area (Å²) < 4.78 is 0. The van der Waals surface area contributed by atoms with Crippen molar-refractivity contribution in [1.82, 2.24) is 5.32 Å². The summed E-state index contributed by atoms with van der Waals surface area (Å²) in [5, 5.41) is 11.6. The van der Waals surface area contributed by atoms with Crippen molar-refractivity contribution in [1.29, 1.82) is 0 Å². The molecule has 1 amide bonds. The van der Waals surface area contributed by atoms with E-state index in [4.69, 9.17) is 5.11 Å². The maximum Gasteiger partial charge on any atom is 0.303 e. The van der Waals surface area contributed by atoms with Crippen LogP contribution in [0, 0.1) is 11.3 Å². The van der Waals surface area contributed by atoms with E-state index in [-0.39, 0.29) is 17.7 Å². The molecule has 110 valence electrons. The summed E-state index contributed by atoms with van der Waals surface area (Å²) in [5.74, 6) is 0.0293. The van der Waals surface area contributed by atoms with E-state index in [1.54, 1.807) is 0 Å². The average Bonchev–Trinajstić information content (AvgIpc) is 2.27. The summed E-state index contributed by atoms with van der Waals surface area (Å²) in [6, 6.07) is 0. The summed E-state index contributed by atoms with van der Waals surface area (Å²) in [4.78, 5) is 22.6. The number of nitrogens with one attached hydrogen (secondary N) is 1.